The summed E-state index contributed by atoms with van der Waals surface area (Å²) in [6, 6.07) is 4.80. The van der Waals surface area contributed by atoms with Gasteiger partial charge >= 0.3 is 0 Å². The second-order valence-electron chi connectivity index (χ2n) is 3.50. The molecule has 0 aliphatic carbocycles. The molecule has 1 atom stereocenters. The van der Waals surface area contributed by atoms with Gasteiger partial charge in [0.2, 0.25) is 0 Å². The van der Waals surface area contributed by atoms with Crippen LogP contribution in [-0.4, -0.2) is 19.3 Å². The third-order valence-corrected chi connectivity index (χ3v) is 3.98. The van der Waals surface area contributed by atoms with Gasteiger partial charge in [0.1, 0.15) is 0 Å². The van der Waals surface area contributed by atoms with Crippen molar-refractivity contribution in [3.63, 3.8) is 0 Å². The van der Waals surface area contributed by atoms with Crippen LogP contribution < -0.4 is 5.32 Å². The maximum atomic E-state index is 5.41. The fourth-order valence-electron chi connectivity index (χ4n) is 1.59. The molecule has 78 valence electrons. The van der Waals surface area contributed by atoms with E-state index in [2.05, 4.69) is 33.4 Å². The number of hydrogen-bond donors (Lipinski definition) is 1. The van der Waals surface area contributed by atoms with Crippen LogP contribution >= 0.6 is 27.3 Å². The second-order valence-corrected chi connectivity index (χ2v) is 6.05. The normalized spacial score (nSPS) is 22.5. The number of rotatable bonds is 3. The lowest BCUT2D eigenvalue weighted by Crippen LogP contribution is -2.36. The maximum absolute atomic E-state index is 5.41. The van der Waals surface area contributed by atoms with Gasteiger partial charge in [-0.05, 0) is 40.9 Å². The van der Waals surface area contributed by atoms with E-state index < -0.39 is 0 Å². The molecule has 1 fully saturated rings. The molecule has 1 aliphatic heterocycles. The molecule has 2 nitrogen and oxygen atoms in total. The average molecular weight is 276 g/mol. The predicted molar refractivity (Wildman–Crippen MR) is 62.7 cm³/mol. The Bertz CT molecular complexity index is 283. The zero-order chi connectivity index (χ0) is 9.80. The minimum absolute atomic E-state index is 0.546. The molecule has 0 saturated carbocycles. The Balaban J connectivity index is 1.76. The van der Waals surface area contributed by atoms with Gasteiger partial charge in [-0.2, -0.15) is 0 Å². The van der Waals surface area contributed by atoms with Crippen LogP contribution in [-0.2, 0) is 11.3 Å². The summed E-state index contributed by atoms with van der Waals surface area (Å²) in [5.41, 5.74) is 0. The Labute approximate surface area is 96.8 Å². The molecule has 0 amide bonds. The minimum Gasteiger partial charge on any atom is -0.380 e. The molecule has 0 radical (unpaired) electrons. The van der Waals surface area contributed by atoms with Gasteiger partial charge in [-0.3, -0.25) is 0 Å². The Morgan fingerprint density at radius 3 is 3.14 bits per heavy atom. The monoisotopic (exact) mass is 275 g/mol. The molecule has 2 rings (SSSR count). The molecule has 1 aromatic rings. The maximum Gasteiger partial charge on any atom is 0.0701 e. The van der Waals surface area contributed by atoms with Gasteiger partial charge in [0.15, 0.2) is 0 Å². The zero-order valence-corrected chi connectivity index (χ0v) is 10.4. The molecular weight excluding hydrogens is 262 g/mol. The molecule has 1 aliphatic rings. The van der Waals surface area contributed by atoms with Gasteiger partial charge in [0.25, 0.3) is 0 Å². The van der Waals surface area contributed by atoms with E-state index in [-0.39, 0.29) is 0 Å². The quantitative estimate of drug-likeness (QED) is 0.916. The fraction of sp³-hybridized carbons (Fsp3) is 0.600. The van der Waals surface area contributed by atoms with Crippen molar-refractivity contribution in [3.05, 3.63) is 20.8 Å². The van der Waals surface area contributed by atoms with Crippen molar-refractivity contribution >= 4 is 27.3 Å². The molecule has 0 spiro atoms. The Morgan fingerprint density at radius 2 is 2.50 bits per heavy atom. The van der Waals surface area contributed by atoms with Gasteiger partial charge in [0.05, 0.1) is 10.4 Å². The number of thiophene rings is 1. The summed E-state index contributed by atoms with van der Waals surface area (Å²) < 4.78 is 6.61. The van der Waals surface area contributed by atoms with E-state index >= 15 is 0 Å². The van der Waals surface area contributed by atoms with Gasteiger partial charge < -0.3 is 10.1 Å². The SMILES string of the molecule is Brc1ccc(CN[C@H]2CCCOC2)s1. The standard InChI is InChI=1S/C10H14BrNOS/c11-10-4-3-9(14-10)6-12-8-2-1-5-13-7-8/h3-4,8,12H,1-2,5-7H2/t8-/m0/s1. The molecule has 1 aromatic heterocycles. The Morgan fingerprint density at radius 1 is 1.57 bits per heavy atom. The van der Waals surface area contributed by atoms with Crippen LogP contribution in [0.5, 0.6) is 0 Å². The van der Waals surface area contributed by atoms with E-state index in [1.807, 2.05) is 0 Å². The van der Waals surface area contributed by atoms with E-state index in [4.69, 9.17) is 4.74 Å². The Hall–Kier alpha value is 0.1000. The minimum atomic E-state index is 0.546. The van der Waals surface area contributed by atoms with Crippen molar-refractivity contribution in [3.8, 4) is 0 Å². The highest BCUT2D eigenvalue weighted by Gasteiger charge is 2.12. The third-order valence-electron chi connectivity index (χ3n) is 2.35. The topological polar surface area (TPSA) is 21.3 Å². The third kappa shape index (κ3) is 3.05. The fourth-order valence-corrected chi connectivity index (χ4v) is 3.03. The molecular formula is C10H14BrNOS. The van der Waals surface area contributed by atoms with Crippen LogP contribution in [0.2, 0.25) is 0 Å². The summed E-state index contributed by atoms with van der Waals surface area (Å²) in [6.07, 6.45) is 2.43. The van der Waals surface area contributed by atoms with Crippen molar-refractivity contribution < 1.29 is 4.74 Å². The van der Waals surface area contributed by atoms with E-state index in [0.29, 0.717) is 6.04 Å². The van der Waals surface area contributed by atoms with Crippen LogP contribution in [0.1, 0.15) is 17.7 Å². The van der Waals surface area contributed by atoms with E-state index in [1.165, 1.54) is 21.5 Å². The highest BCUT2D eigenvalue weighted by atomic mass is 79.9. The van der Waals surface area contributed by atoms with Crippen molar-refractivity contribution in [1.82, 2.24) is 5.32 Å². The van der Waals surface area contributed by atoms with Crippen molar-refractivity contribution in [1.29, 1.82) is 0 Å². The molecule has 0 unspecified atom stereocenters. The summed E-state index contributed by atoms with van der Waals surface area (Å²) in [5, 5.41) is 3.52. The molecule has 0 bridgehead atoms. The van der Waals surface area contributed by atoms with Crippen molar-refractivity contribution in [2.45, 2.75) is 25.4 Å². The van der Waals surface area contributed by atoms with Crippen LogP contribution in [0, 0.1) is 0 Å². The summed E-state index contributed by atoms with van der Waals surface area (Å²) in [5.74, 6) is 0. The second kappa shape index (κ2) is 5.26. The van der Waals surface area contributed by atoms with Gasteiger partial charge in [-0.15, -0.1) is 11.3 Å². The molecule has 1 saturated heterocycles. The van der Waals surface area contributed by atoms with Crippen LogP contribution in [0.15, 0.2) is 15.9 Å². The predicted octanol–water partition coefficient (Wildman–Crippen LogP) is 2.78. The molecule has 2 heterocycles. The smallest absolute Gasteiger partial charge is 0.0701 e. The lowest BCUT2D eigenvalue weighted by atomic mass is 10.1. The van der Waals surface area contributed by atoms with E-state index in [1.54, 1.807) is 11.3 Å². The highest BCUT2D eigenvalue weighted by molar-refractivity contribution is 9.11. The molecule has 14 heavy (non-hydrogen) atoms. The lowest BCUT2D eigenvalue weighted by molar-refractivity contribution is 0.0700. The summed E-state index contributed by atoms with van der Waals surface area (Å²) in [6.45, 7) is 2.76. The number of hydrogen-bond acceptors (Lipinski definition) is 3. The van der Waals surface area contributed by atoms with Gasteiger partial charge in [0, 0.05) is 24.1 Å². The Kier molecular flexibility index (Phi) is 3.99. The number of nitrogens with one attached hydrogen (secondary N) is 1. The highest BCUT2D eigenvalue weighted by Crippen LogP contribution is 2.22. The van der Waals surface area contributed by atoms with Gasteiger partial charge in [-0.25, -0.2) is 0 Å². The number of halogens is 1. The molecule has 1 N–H and O–H groups in total. The van der Waals surface area contributed by atoms with Gasteiger partial charge in [-0.1, -0.05) is 0 Å². The summed E-state index contributed by atoms with van der Waals surface area (Å²) >= 11 is 5.25. The largest absolute Gasteiger partial charge is 0.380 e. The zero-order valence-electron chi connectivity index (χ0n) is 7.96. The van der Waals surface area contributed by atoms with Crippen molar-refractivity contribution in [2.75, 3.05) is 13.2 Å². The summed E-state index contributed by atoms with van der Waals surface area (Å²) in [7, 11) is 0. The first-order valence-electron chi connectivity index (χ1n) is 4.90. The van der Waals surface area contributed by atoms with Crippen molar-refractivity contribution in [2.24, 2.45) is 0 Å². The van der Waals surface area contributed by atoms with Crippen LogP contribution in [0.4, 0.5) is 0 Å². The molecule has 0 aromatic carbocycles. The summed E-state index contributed by atoms with van der Waals surface area (Å²) in [4.78, 5) is 1.38. The lowest BCUT2D eigenvalue weighted by Gasteiger charge is -2.22. The first-order chi connectivity index (χ1) is 6.84. The van der Waals surface area contributed by atoms with Crippen LogP contribution in [0.25, 0.3) is 0 Å². The first kappa shape index (κ1) is 10.6. The van der Waals surface area contributed by atoms with E-state index in [0.717, 1.165) is 19.8 Å². The average Bonchev–Trinajstić information content (AvgIpc) is 2.63. The molecule has 4 heteroatoms. The van der Waals surface area contributed by atoms with E-state index in [9.17, 15) is 0 Å². The number of ether oxygens (including phenoxy) is 1. The van der Waals surface area contributed by atoms with Crippen LogP contribution in [0.3, 0.4) is 0 Å². The first-order valence-corrected chi connectivity index (χ1v) is 6.51.